The van der Waals surface area contributed by atoms with Gasteiger partial charge in [0, 0.05) is 32.0 Å². The molecule has 0 saturated carbocycles. The summed E-state index contributed by atoms with van der Waals surface area (Å²) in [5, 5.41) is 19.8. The molecule has 0 N–H and O–H groups in total. The second-order valence-electron chi connectivity index (χ2n) is 4.94. The van der Waals surface area contributed by atoms with Crippen molar-refractivity contribution in [3.8, 4) is 6.07 Å². The van der Waals surface area contributed by atoms with E-state index in [0.717, 1.165) is 31.7 Å². The molecule has 1 saturated heterocycles. The molecule has 1 unspecified atom stereocenters. The molecule has 1 aliphatic rings. The van der Waals surface area contributed by atoms with Crippen LogP contribution in [-0.2, 0) is 4.74 Å². The number of benzene rings is 1. The molecule has 1 atom stereocenters. The molecule has 1 fully saturated rings. The van der Waals surface area contributed by atoms with Crippen LogP contribution in [0.15, 0.2) is 18.2 Å². The van der Waals surface area contributed by atoms with Crippen LogP contribution in [0.2, 0.25) is 0 Å². The molecular formula is C14H17N3O3. The predicted octanol–water partition coefficient (Wildman–Crippen LogP) is 2.47. The van der Waals surface area contributed by atoms with Gasteiger partial charge in [0.15, 0.2) is 0 Å². The Morgan fingerprint density at radius 2 is 2.35 bits per heavy atom. The molecule has 20 heavy (non-hydrogen) atoms. The average Bonchev–Trinajstić information content (AvgIpc) is 2.47. The quantitative estimate of drug-likeness (QED) is 0.623. The fourth-order valence-electron chi connectivity index (χ4n) is 2.37. The number of nitro groups is 1. The number of nitriles is 1. The van der Waals surface area contributed by atoms with E-state index < -0.39 is 4.92 Å². The summed E-state index contributed by atoms with van der Waals surface area (Å²) >= 11 is 0. The molecular weight excluding hydrogens is 258 g/mol. The highest BCUT2D eigenvalue weighted by molar-refractivity contribution is 5.59. The van der Waals surface area contributed by atoms with Gasteiger partial charge < -0.3 is 9.64 Å². The Labute approximate surface area is 117 Å². The van der Waals surface area contributed by atoms with Crippen LogP contribution in [0.1, 0.15) is 24.8 Å². The Kier molecular flexibility index (Phi) is 4.53. The van der Waals surface area contributed by atoms with Crippen LogP contribution in [0.5, 0.6) is 0 Å². The molecule has 1 aromatic rings. The smallest absolute Gasteiger partial charge is 0.287 e. The normalized spacial score (nSPS) is 18.3. The van der Waals surface area contributed by atoms with Crippen LogP contribution in [0.3, 0.4) is 0 Å². The van der Waals surface area contributed by atoms with Crippen LogP contribution in [0, 0.1) is 21.4 Å². The summed E-state index contributed by atoms with van der Waals surface area (Å²) in [4.78, 5) is 12.2. The number of anilines is 1. The zero-order valence-corrected chi connectivity index (χ0v) is 11.4. The van der Waals surface area contributed by atoms with Crippen molar-refractivity contribution in [3.05, 3.63) is 33.9 Å². The van der Waals surface area contributed by atoms with Crippen LogP contribution in [0.4, 0.5) is 11.4 Å². The molecule has 0 bridgehead atoms. The number of hydrogen-bond acceptors (Lipinski definition) is 5. The topological polar surface area (TPSA) is 79.4 Å². The van der Waals surface area contributed by atoms with Gasteiger partial charge in [0.1, 0.15) is 11.6 Å². The zero-order chi connectivity index (χ0) is 14.5. The Bertz CT molecular complexity index is 533. The summed E-state index contributed by atoms with van der Waals surface area (Å²) in [7, 11) is 1.90. The lowest BCUT2D eigenvalue weighted by molar-refractivity contribution is -0.385. The third kappa shape index (κ3) is 3.25. The first-order chi connectivity index (χ1) is 9.61. The molecule has 0 aromatic heterocycles. The monoisotopic (exact) mass is 275 g/mol. The number of rotatable bonds is 4. The summed E-state index contributed by atoms with van der Waals surface area (Å²) in [6.07, 6.45) is 3.50. The first-order valence-electron chi connectivity index (χ1n) is 6.63. The molecule has 1 heterocycles. The largest absolute Gasteiger partial charge is 0.376 e. The third-order valence-corrected chi connectivity index (χ3v) is 3.49. The van der Waals surface area contributed by atoms with E-state index in [1.165, 1.54) is 12.5 Å². The number of ether oxygens (including phenoxy) is 1. The lowest BCUT2D eigenvalue weighted by atomic mass is 10.1. The third-order valence-electron chi connectivity index (χ3n) is 3.49. The van der Waals surface area contributed by atoms with Gasteiger partial charge in [-0.15, -0.1) is 0 Å². The molecule has 6 heteroatoms. The van der Waals surface area contributed by atoms with E-state index in [1.807, 2.05) is 18.0 Å². The minimum Gasteiger partial charge on any atom is -0.376 e. The van der Waals surface area contributed by atoms with Crippen molar-refractivity contribution >= 4 is 11.4 Å². The van der Waals surface area contributed by atoms with Crippen molar-refractivity contribution < 1.29 is 9.66 Å². The summed E-state index contributed by atoms with van der Waals surface area (Å²) in [6, 6.07) is 6.48. The molecule has 2 rings (SSSR count). The lowest BCUT2D eigenvalue weighted by Gasteiger charge is -2.28. The van der Waals surface area contributed by atoms with Crippen LogP contribution in [-0.4, -0.2) is 31.2 Å². The van der Waals surface area contributed by atoms with E-state index in [1.54, 1.807) is 12.1 Å². The van der Waals surface area contributed by atoms with Crippen molar-refractivity contribution in [2.24, 2.45) is 0 Å². The molecule has 1 aliphatic heterocycles. The van der Waals surface area contributed by atoms with Crippen LogP contribution in [0.25, 0.3) is 0 Å². The zero-order valence-electron chi connectivity index (χ0n) is 11.4. The molecule has 0 radical (unpaired) electrons. The summed E-state index contributed by atoms with van der Waals surface area (Å²) < 4.78 is 5.67. The van der Waals surface area contributed by atoms with Crippen LogP contribution >= 0.6 is 0 Å². The summed E-state index contributed by atoms with van der Waals surface area (Å²) in [5.41, 5.74) is 0.726. The van der Waals surface area contributed by atoms with E-state index in [4.69, 9.17) is 10.00 Å². The average molecular weight is 275 g/mol. The minimum absolute atomic E-state index is 0.0870. The second kappa shape index (κ2) is 6.35. The van der Waals surface area contributed by atoms with E-state index in [-0.39, 0.29) is 17.4 Å². The predicted molar refractivity (Wildman–Crippen MR) is 74.7 cm³/mol. The van der Waals surface area contributed by atoms with Crippen molar-refractivity contribution in [1.29, 1.82) is 5.26 Å². The molecule has 0 spiro atoms. The SMILES string of the molecule is CN(CC1CCCCO1)c1ccc([N+](=O)[O-])c(C#N)c1. The van der Waals surface area contributed by atoms with Gasteiger partial charge in [0.25, 0.3) is 5.69 Å². The van der Waals surface area contributed by atoms with Gasteiger partial charge in [-0.2, -0.15) is 5.26 Å². The Hall–Kier alpha value is -2.13. The molecule has 6 nitrogen and oxygen atoms in total. The standard InChI is InChI=1S/C14H17N3O3/c1-16(10-13-4-2-3-7-20-13)12-5-6-14(17(18)19)11(8-12)9-15/h5-6,8,13H,2-4,7,10H2,1H3. The Morgan fingerprint density at radius 3 is 2.95 bits per heavy atom. The van der Waals surface area contributed by atoms with Gasteiger partial charge in [0.2, 0.25) is 0 Å². The fraction of sp³-hybridized carbons (Fsp3) is 0.500. The first kappa shape index (κ1) is 14.3. The maximum absolute atomic E-state index is 10.8. The molecule has 0 amide bonds. The van der Waals surface area contributed by atoms with Crippen molar-refractivity contribution in [3.63, 3.8) is 0 Å². The number of likely N-dealkylation sites (N-methyl/N-ethyl adjacent to an activating group) is 1. The van der Waals surface area contributed by atoms with Crippen molar-refractivity contribution in [1.82, 2.24) is 0 Å². The molecule has 1 aromatic carbocycles. The van der Waals surface area contributed by atoms with Gasteiger partial charge >= 0.3 is 0 Å². The fourth-order valence-corrected chi connectivity index (χ4v) is 2.37. The van der Waals surface area contributed by atoms with Gasteiger partial charge in [-0.05, 0) is 31.4 Å². The highest BCUT2D eigenvalue weighted by atomic mass is 16.6. The summed E-state index contributed by atoms with van der Waals surface area (Å²) in [5.74, 6) is 0. The van der Waals surface area contributed by atoms with E-state index in [0.29, 0.717) is 0 Å². The lowest BCUT2D eigenvalue weighted by Crippen LogP contribution is -2.33. The Balaban J connectivity index is 2.11. The first-order valence-corrected chi connectivity index (χ1v) is 6.63. The molecule has 106 valence electrons. The number of nitro benzene ring substituents is 1. The van der Waals surface area contributed by atoms with Gasteiger partial charge in [-0.3, -0.25) is 10.1 Å². The van der Waals surface area contributed by atoms with Gasteiger partial charge in [-0.1, -0.05) is 0 Å². The maximum atomic E-state index is 10.8. The van der Waals surface area contributed by atoms with Gasteiger partial charge in [-0.25, -0.2) is 0 Å². The minimum atomic E-state index is -0.535. The van der Waals surface area contributed by atoms with Crippen LogP contribution < -0.4 is 4.90 Å². The molecule has 0 aliphatic carbocycles. The van der Waals surface area contributed by atoms with E-state index in [9.17, 15) is 10.1 Å². The Morgan fingerprint density at radius 1 is 1.55 bits per heavy atom. The second-order valence-corrected chi connectivity index (χ2v) is 4.94. The van der Waals surface area contributed by atoms with E-state index >= 15 is 0 Å². The highest BCUT2D eigenvalue weighted by Gasteiger charge is 2.18. The van der Waals surface area contributed by atoms with Crippen molar-refractivity contribution in [2.45, 2.75) is 25.4 Å². The van der Waals surface area contributed by atoms with E-state index in [2.05, 4.69) is 0 Å². The highest BCUT2D eigenvalue weighted by Crippen LogP contribution is 2.25. The van der Waals surface area contributed by atoms with Crippen molar-refractivity contribution in [2.75, 3.05) is 25.1 Å². The number of hydrogen-bond donors (Lipinski definition) is 0. The number of nitrogens with zero attached hydrogens (tertiary/aromatic N) is 3. The van der Waals surface area contributed by atoms with Gasteiger partial charge in [0.05, 0.1) is 11.0 Å². The summed E-state index contributed by atoms with van der Waals surface area (Å²) in [6.45, 7) is 1.52. The maximum Gasteiger partial charge on any atom is 0.287 e.